The van der Waals surface area contributed by atoms with E-state index in [1.54, 1.807) is 0 Å². The molecule has 1 heterocycles. The average Bonchev–Trinajstić information content (AvgIpc) is 2.82. The predicted octanol–water partition coefficient (Wildman–Crippen LogP) is 2.72. The minimum atomic E-state index is -0.393. The minimum absolute atomic E-state index is 0.00335. The number of anilines is 1. The molecule has 18 heavy (non-hydrogen) atoms. The van der Waals surface area contributed by atoms with Crippen molar-refractivity contribution in [2.45, 2.75) is 27.1 Å². The molecular weight excluding hydrogens is 230 g/mol. The van der Waals surface area contributed by atoms with Crippen molar-refractivity contribution in [2.75, 3.05) is 18.5 Å². The van der Waals surface area contributed by atoms with Crippen molar-refractivity contribution in [1.29, 1.82) is 0 Å². The highest BCUT2D eigenvalue weighted by Gasteiger charge is 2.21. The van der Waals surface area contributed by atoms with Gasteiger partial charge in [0.25, 0.3) is 0 Å². The Morgan fingerprint density at radius 2 is 1.72 bits per heavy atom. The van der Waals surface area contributed by atoms with Crippen molar-refractivity contribution in [1.82, 2.24) is 0 Å². The van der Waals surface area contributed by atoms with Crippen LogP contribution in [-0.2, 0) is 14.3 Å². The van der Waals surface area contributed by atoms with Crippen LogP contribution >= 0.6 is 0 Å². The molecule has 1 amide bonds. The Labute approximate surface area is 107 Å². The summed E-state index contributed by atoms with van der Waals surface area (Å²) in [6.07, 6.45) is -0.266. The molecule has 1 aliphatic heterocycles. The van der Waals surface area contributed by atoms with Crippen LogP contribution in [0.5, 0.6) is 0 Å². The highest BCUT2D eigenvalue weighted by molar-refractivity contribution is 5.94. The Bertz CT molecular complexity index is 414. The molecule has 0 saturated carbocycles. The fraction of sp³-hybridized carbons (Fsp3) is 0.500. The number of rotatable bonds is 2. The number of amides is 1. The summed E-state index contributed by atoms with van der Waals surface area (Å²) < 4.78 is 10.8. The number of carbonyl (C=O) groups excluding carboxylic acids is 1. The first-order chi connectivity index (χ1) is 8.47. The third kappa shape index (κ3) is 3.09. The van der Waals surface area contributed by atoms with Gasteiger partial charge in [-0.25, -0.2) is 0 Å². The van der Waals surface area contributed by atoms with Crippen molar-refractivity contribution in [3.05, 3.63) is 29.8 Å². The smallest absolute Gasteiger partial charge is 0.229 e. The first-order valence-electron chi connectivity index (χ1n) is 6.11. The van der Waals surface area contributed by atoms with E-state index in [4.69, 9.17) is 9.47 Å². The second kappa shape index (κ2) is 5.08. The number of benzene rings is 1. The Kier molecular flexibility index (Phi) is 3.68. The summed E-state index contributed by atoms with van der Waals surface area (Å²) in [5.74, 6) is 0.00335. The Balaban J connectivity index is 2.01. The van der Waals surface area contributed by atoms with Gasteiger partial charge in [0, 0.05) is 16.7 Å². The van der Waals surface area contributed by atoms with Crippen molar-refractivity contribution < 1.29 is 14.3 Å². The van der Waals surface area contributed by atoms with Crippen LogP contribution in [0.2, 0.25) is 0 Å². The van der Waals surface area contributed by atoms with Gasteiger partial charge in [-0.1, -0.05) is 32.9 Å². The van der Waals surface area contributed by atoms with Crippen LogP contribution < -0.4 is 5.32 Å². The maximum Gasteiger partial charge on any atom is 0.229 e. The lowest BCUT2D eigenvalue weighted by atomic mass is 9.95. The lowest BCUT2D eigenvalue weighted by molar-refractivity contribution is -0.123. The van der Waals surface area contributed by atoms with Gasteiger partial charge in [0.1, 0.15) is 0 Å². The molecule has 0 unspecified atom stereocenters. The molecule has 1 aliphatic rings. The van der Waals surface area contributed by atoms with E-state index >= 15 is 0 Å². The monoisotopic (exact) mass is 249 g/mol. The molecule has 0 spiro atoms. The summed E-state index contributed by atoms with van der Waals surface area (Å²) in [6.45, 7) is 6.92. The van der Waals surface area contributed by atoms with Gasteiger partial charge in [0.2, 0.25) is 5.91 Å². The molecule has 4 nitrogen and oxygen atoms in total. The van der Waals surface area contributed by atoms with Gasteiger partial charge >= 0.3 is 0 Å². The van der Waals surface area contributed by atoms with E-state index in [0.29, 0.717) is 13.2 Å². The second-order valence-corrected chi connectivity index (χ2v) is 5.40. The molecular formula is C14H19NO3. The Hall–Kier alpha value is -1.39. The summed E-state index contributed by atoms with van der Waals surface area (Å²) in [6, 6.07) is 7.55. The fourth-order valence-electron chi connectivity index (χ4n) is 1.59. The molecule has 4 heteroatoms. The first kappa shape index (κ1) is 13.1. The summed E-state index contributed by atoms with van der Waals surface area (Å²) in [4.78, 5) is 11.8. The van der Waals surface area contributed by atoms with Gasteiger partial charge in [-0.3, -0.25) is 4.79 Å². The molecule has 98 valence electrons. The molecule has 1 N–H and O–H groups in total. The topological polar surface area (TPSA) is 47.6 Å². The van der Waals surface area contributed by atoms with E-state index < -0.39 is 5.41 Å². The van der Waals surface area contributed by atoms with Gasteiger partial charge in [-0.15, -0.1) is 0 Å². The van der Waals surface area contributed by atoms with E-state index in [1.807, 2.05) is 45.0 Å². The van der Waals surface area contributed by atoms with E-state index in [-0.39, 0.29) is 12.2 Å². The van der Waals surface area contributed by atoms with E-state index in [9.17, 15) is 4.79 Å². The van der Waals surface area contributed by atoms with Crippen molar-refractivity contribution in [3.63, 3.8) is 0 Å². The van der Waals surface area contributed by atoms with Crippen LogP contribution in [0.3, 0.4) is 0 Å². The normalized spacial score (nSPS) is 16.8. The predicted molar refractivity (Wildman–Crippen MR) is 69.2 cm³/mol. The summed E-state index contributed by atoms with van der Waals surface area (Å²) in [5, 5.41) is 2.88. The first-order valence-corrected chi connectivity index (χ1v) is 6.11. The SMILES string of the molecule is CC(C)(C)C(=O)Nc1ccc(C2OCCO2)cc1. The largest absolute Gasteiger partial charge is 0.346 e. The van der Waals surface area contributed by atoms with Gasteiger partial charge in [0.15, 0.2) is 6.29 Å². The zero-order valence-corrected chi connectivity index (χ0v) is 11.0. The third-order valence-electron chi connectivity index (χ3n) is 2.74. The quantitative estimate of drug-likeness (QED) is 0.876. The maximum absolute atomic E-state index is 11.8. The standard InChI is InChI=1S/C14H19NO3/c1-14(2,3)13(16)15-11-6-4-10(5-7-11)12-17-8-9-18-12/h4-7,12H,8-9H2,1-3H3,(H,15,16). The van der Waals surface area contributed by atoms with Gasteiger partial charge in [-0.05, 0) is 12.1 Å². The van der Waals surface area contributed by atoms with Crippen LogP contribution in [0.4, 0.5) is 5.69 Å². The molecule has 0 bridgehead atoms. The second-order valence-electron chi connectivity index (χ2n) is 5.40. The summed E-state index contributed by atoms with van der Waals surface area (Å²) in [5.41, 5.74) is 1.37. The van der Waals surface area contributed by atoms with E-state index in [1.165, 1.54) is 0 Å². The number of nitrogens with one attached hydrogen (secondary N) is 1. The molecule has 0 aromatic heterocycles. The Morgan fingerprint density at radius 1 is 1.17 bits per heavy atom. The minimum Gasteiger partial charge on any atom is -0.346 e. The highest BCUT2D eigenvalue weighted by Crippen LogP contribution is 2.25. The van der Waals surface area contributed by atoms with E-state index in [0.717, 1.165) is 11.3 Å². The molecule has 1 aromatic carbocycles. The average molecular weight is 249 g/mol. The maximum atomic E-state index is 11.8. The van der Waals surface area contributed by atoms with Crippen LogP contribution in [0.1, 0.15) is 32.6 Å². The lowest BCUT2D eigenvalue weighted by Gasteiger charge is -2.18. The molecule has 1 aromatic rings. The number of hydrogen-bond donors (Lipinski definition) is 1. The van der Waals surface area contributed by atoms with Crippen molar-refractivity contribution in [3.8, 4) is 0 Å². The number of carbonyl (C=O) groups is 1. The summed E-state index contributed by atoms with van der Waals surface area (Å²) >= 11 is 0. The third-order valence-corrected chi connectivity index (χ3v) is 2.74. The molecule has 0 atom stereocenters. The van der Waals surface area contributed by atoms with E-state index in [2.05, 4.69) is 5.32 Å². The number of hydrogen-bond acceptors (Lipinski definition) is 3. The molecule has 1 fully saturated rings. The molecule has 1 saturated heterocycles. The van der Waals surface area contributed by atoms with Crippen LogP contribution in [0.25, 0.3) is 0 Å². The van der Waals surface area contributed by atoms with Crippen LogP contribution in [0, 0.1) is 5.41 Å². The van der Waals surface area contributed by atoms with Crippen LogP contribution in [0.15, 0.2) is 24.3 Å². The van der Waals surface area contributed by atoms with Crippen molar-refractivity contribution >= 4 is 11.6 Å². The number of ether oxygens (including phenoxy) is 2. The summed E-state index contributed by atoms with van der Waals surface area (Å²) in [7, 11) is 0. The zero-order valence-electron chi connectivity index (χ0n) is 11.0. The Morgan fingerprint density at radius 3 is 2.22 bits per heavy atom. The van der Waals surface area contributed by atoms with Gasteiger partial charge < -0.3 is 14.8 Å². The lowest BCUT2D eigenvalue weighted by Crippen LogP contribution is -2.27. The van der Waals surface area contributed by atoms with Gasteiger partial charge in [-0.2, -0.15) is 0 Å². The fourth-order valence-corrected chi connectivity index (χ4v) is 1.59. The molecule has 0 radical (unpaired) electrons. The molecule has 2 rings (SSSR count). The van der Waals surface area contributed by atoms with Crippen molar-refractivity contribution in [2.24, 2.45) is 5.41 Å². The highest BCUT2D eigenvalue weighted by atomic mass is 16.7. The van der Waals surface area contributed by atoms with Crippen LogP contribution in [-0.4, -0.2) is 19.1 Å². The molecule has 0 aliphatic carbocycles. The zero-order chi connectivity index (χ0) is 13.2. The van der Waals surface area contributed by atoms with Gasteiger partial charge in [0.05, 0.1) is 13.2 Å².